The van der Waals surface area contributed by atoms with Crippen LogP contribution in [0.2, 0.25) is 0 Å². The lowest BCUT2D eigenvalue weighted by atomic mass is 10.1. The van der Waals surface area contributed by atoms with Gasteiger partial charge in [-0.1, -0.05) is 6.07 Å². The van der Waals surface area contributed by atoms with Crippen LogP contribution in [0.25, 0.3) is 5.65 Å². The van der Waals surface area contributed by atoms with Crippen LogP contribution in [0, 0.1) is 5.92 Å². The fourth-order valence-electron chi connectivity index (χ4n) is 4.21. The number of carboxylic acids is 2. The van der Waals surface area contributed by atoms with Gasteiger partial charge in [0.05, 0.1) is 18.7 Å². The molecule has 246 valence electrons. The third-order valence-corrected chi connectivity index (χ3v) is 6.75. The molecule has 18 heteroatoms. The molecule has 3 heterocycles. The second-order valence-electron chi connectivity index (χ2n) is 10.2. The molecule has 1 amide bonds. The van der Waals surface area contributed by atoms with Gasteiger partial charge in [0.2, 0.25) is 0 Å². The minimum atomic E-state index is -5.08. The fraction of sp³-hybridized carbons (Fsp3) is 0.444. The van der Waals surface area contributed by atoms with Gasteiger partial charge in [-0.2, -0.15) is 26.3 Å². The highest BCUT2D eigenvalue weighted by Crippen LogP contribution is 2.32. The molecule has 1 atom stereocenters. The monoisotopic (exact) mass is 648 g/mol. The zero-order chi connectivity index (χ0) is 33.5. The number of aromatic nitrogens is 3. The van der Waals surface area contributed by atoms with Crippen LogP contribution in [0.4, 0.5) is 32.0 Å². The number of fused-ring (bicyclic) bond motifs is 1. The summed E-state index contributed by atoms with van der Waals surface area (Å²) in [6.07, 6.45) is -5.61. The van der Waals surface area contributed by atoms with Crippen LogP contribution >= 0.6 is 0 Å². The number of carbonyl (C=O) groups excluding carboxylic acids is 1. The van der Waals surface area contributed by atoms with Crippen molar-refractivity contribution < 1.29 is 55.7 Å². The highest BCUT2D eigenvalue weighted by atomic mass is 19.4. The number of aliphatic carboxylic acids is 2. The van der Waals surface area contributed by atoms with Crippen LogP contribution in [0.1, 0.15) is 35.1 Å². The smallest absolute Gasteiger partial charge is 0.490 e. The summed E-state index contributed by atoms with van der Waals surface area (Å²) >= 11 is 0. The Morgan fingerprint density at radius 3 is 2.16 bits per heavy atom. The molecule has 12 nitrogen and oxygen atoms in total. The third kappa shape index (κ3) is 10.3. The molecule has 1 aliphatic carbocycles. The summed E-state index contributed by atoms with van der Waals surface area (Å²) in [6.45, 7) is 4.21. The predicted octanol–water partition coefficient (Wildman–Crippen LogP) is 3.96. The number of pyridine rings is 1. The average molecular weight is 649 g/mol. The number of ether oxygens (including phenoxy) is 1. The molecule has 3 aromatic rings. The largest absolute Gasteiger partial charge is 0.497 e. The van der Waals surface area contributed by atoms with Crippen molar-refractivity contribution in [2.45, 2.75) is 31.2 Å². The number of anilines is 1. The summed E-state index contributed by atoms with van der Waals surface area (Å²) in [6, 6.07) is 11.1. The highest BCUT2D eigenvalue weighted by Gasteiger charge is 2.39. The minimum Gasteiger partial charge on any atom is -0.497 e. The molecule has 2 aromatic heterocycles. The zero-order valence-electron chi connectivity index (χ0n) is 24.0. The van der Waals surface area contributed by atoms with E-state index in [0.29, 0.717) is 17.0 Å². The predicted molar refractivity (Wildman–Crippen MR) is 146 cm³/mol. The summed E-state index contributed by atoms with van der Waals surface area (Å²) in [5.41, 5.74) is 2.00. The van der Waals surface area contributed by atoms with Crippen LogP contribution < -0.4 is 10.1 Å². The number of likely N-dealkylation sites (N-methyl/N-ethyl adjacent to an activating group) is 1. The first-order chi connectivity index (χ1) is 21.0. The van der Waals surface area contributed by atoms with E-state index in [1.807, 2.05) is 34.9 Å². The number of alkyl halides is 6. The number of carbonyl (C=O) groups is 3. The molecular formula is C27H30F6N6O6. The van der Waals surface area contributed by atoms with E-state index in [1.165, 1.54) is 19.4 Å². The van der Waals surface area contributed by atoms with E-state index in [0.717, 1.165) is 37.0 Å². The second-order valence-corrected chi connectivity index (χ2v) is 10.2. The van der Waals surface area contributed by atoms with E-state index < -0.39 is 24.3 Å². The summed E-state index contributed by atoms with van der Waals surface area (Å²) in [5, 5.41) is 26.0. The van der Waals surface area contributed by atoms with Gasteiger partial charge in [0.25, 0.3) is 5.91 Å². The lowest BCUT2D eigenvalue weighted by molar-refractivity contribution is -0.193. The molecule has 0 spiro atoms. The van der Waals surface area contributed by atoms with Crippen molar-refractivity contribution in [3.05, 3.63) is 54.0 Å². The summed E-state index contributed by atoms with van der Waals surface area (Å²) in [5.74, 6) is -3.24. The van der Waals surface area contributed by atoms with Gasteiger partial charge in [-0.15, -0.1) is 10.2 Å². The Labute approximate surface area is 252 Å². The lowest BCUT2D eigenvalue weighted by Crippen LogP contribution is -2.47. The van der Waals surface area contributed by atoms with Crippen LogP contribution in [0.15, 0.2) is 42.6 Å². The summed E-state index contributed by atoms with van der Waals surface area (Å²) in [4.78, 5) is 35.6. The van der Waals surface area contributed by atoms with Crippen molar-refractivity contribution in [3.8, 4) is 5.75 Å². The summed E-state index contributed by atoms with van der Waals surface area (Å²) in [7, 11) is 3.75. The van der Waals surface area contributed by atoms with Gasteiger partial charge in [0, 0.05) is 44.1 Å². The number of piperazine rings is 1. The molecule has 0 bridgehead atoms. The number of methoxy groups -OCH3 is 1. The maximum Gasteiger partial charge on any atom is 0.490 e. The second kappa shape index (κ2) is 14.6. The van der Waals surface area contributed by atoms with Gasteiger partial charge in [-0.3, -0.25) is 19.0 Å². The van der Waals surface area contributed by atoms with Crippen LogP contribution in [-0.2, 0) is 9.59 Å². The maximum atomic E-state index is 12.9. The molecule has 1 aliphatic heterocycles. The van der Waals surface area contributed by atoms with Crippen molar-refractivity contribution in [1.29, 1.82) is 0 Å². The van der Waals surface area contributed by atoms with E-state index in [2.05, 4.69) is 32.4 Å². The van der Waals surface area contributed by atoms with Gasteiger partial charge in [-0.25, -0.2) is 9.59 Å². The molecule has 1 aromatic carbocycles. The van der Waals surface area contributed by atoms with Gasteiger partial charge in [0.15, 0.2) is 11.5 Å². The van der Waals surface area contributed by atoms with Crippen LogP contribution in [-0.4, -0.2) is 105 Å². The normalized spacial score (nSPS) is 17.4. The SMILES string of the molecule is COc1cccc(NC(=O)c2ccc3nnc(C4CN(CC5CC5)CCN4C)n3c2)c1.O=C(O)C(F)(F)F.O=C(O)C(F)(F)F. The van der Waals surface area contributed by atoms with E-state index in [1.54, 1.807) is 19.2 Å². The van der Waals surface area contributed by atoms with Crippen molar-refractivity contribution >= 4 is 29.2 Å². The van der Waals surface area contributed by atoms with Crippen LogP contribution in [0.3, 0.4) is 0 Å². The topological polar surface area (TPSA) is 150 Å². The van der Waals surface area contributed by atoms with Crippen molar-refractivity contribution in [1.82, 2.24) is 24.4 Å². The minimum absolute atomic E-state index is 0.152. The molecule has 0 radical (unpaired) electrons. The number of carboxylic acid groups (broad SMARTS) is 2. The first kappa shape index (κ1) is 35.0. The molecule has 1 saturated carbocycles. The van der Waals surface area contributed by atoms with Crippen molar-refractivity contribution in [3.63, 3.8) is 0 Å². The molecule has 3 N–H and O–H groups in total. The molecule has 5 rings (SSSR count). The van der Waals surface area contributed by atoms with Crippen molar-refractivity contribution in [2.75, 3.05) is 45.7 Å². The fourth-order valence-corrected chi connectivity index (χ4v) is 4.21. The Bertz CT molecular complexity index is 1470. The zero-order valence-corrected chi connectivity index (χ0v) is 24.0. The van der Waals surface area contributed by atoms with Gasteiger partial charge < -0.3 is 20.3 Å². The number of hydrogen-bond donors (Lipinski definition) is 3. The Morgan fingerprint density at radius 1 is 0.978 bits per heavy atom. The number of halogens is 6. The van der Waals surface area contributed by atoms with E-state index in [9.17, 15) is 31.1 Å². The molecule has 2 fully saturated rings. The number of amides is 1. The van der Waals surface area contributed by atoms with Crippen LogP contribution in [0.5, 0.6) is 5.75 Å². The van der Waals surface area contributed by atoms with E-state index in [4.69, 9.17) is 24.5 Å². The first-order valence-electron chi connectivity index (χ1n) is 13.3. The Morgan fingerprint density at radius 2 is 1.60 bits per heavy atom. The molecule has 1 unspecified atom stereocenters. The molecule has 1 saturated heterocycles. The van der Waals surface area contributed by atoms with E-state index >= 15 is 0 Å². The number of nitrogens with one attached hydrogen (secondary N) is 1. The van der Waals surface area contributed by atoms with Gasteiger partial charge in [0.1, 0.15) is 5.75 Å². The molecular weight excluding hydrogens is 618 g/mol. The Hall–Kier alpha value is -4.45. The first-order valence-corrected chi connectivity index (χ1v) is 13.3. The standard InChI is InChI=1S/C23H28N6O2.2C2HF3O2/c1-27-10-11-28(13-16-6-7-16)15-20(27)22-26-25-21-9-8-17(14-29(21)22)23(30)24-18-4-3-5-19(12-18)31-2;2*3-2(4,5)1(6)7/h3-5,8-9,12,14,16,20H,6-7,10-11,13,15H2,1-2H3,(H,24,30);2*(H,6,7). The number of hydrogen-bond acceptors (Lipinski definition) is 8. The maximum absolute atomic E-state index is 12.9. The summed E-state index contributed by atoms with van der Waals surface area (Å²) < 4.78 is 70.7. The molecule has 2 aliphatic rings. The lowest BCUT2D eigenvalue weighted by Gasteiger charge is -2.38. The quantitative estimate of drug-likeness (QED) is 0.336. The Balaban J connectivity index is 0.000000331. The number of rotatable bonds is 6. The average Bonchev–Trinajstić information content (AvgIpc) is 3.69. The Kier molecular flexibility index (Phi) is 11.3. The van der Waals surface area contributed by atoms with E-state index in [-0.39, 0.29) is 11.9 Å². The molecule has 45 heavy (non-hydrogen) atoms. The number of benzene rings is 1. The third-order valence-electron chi connectivity index (χ3n) is 6.75. The van der Waals surface area contributed by atoms with Crippen molar-refractivity contribution in [2.24, 2.45) is 5.92 Å². The van der Waals surface area contributed by atoms with Gasteiger partial charge in [-0.05, 0) is 50.1 Å². The number of nitrogens with zero attached hydrogens (tertiary/aromatic N) is 5. The highest BCUT2D eigenvalue weighted by molar-refractivity contribution is 6.04. The van der Waals surface area contributed by atoms with Gasteiger partial charge >= 0.3 is 24.3 Å².